The van der Waals surface area contributed by atoms with Gasteiger partial charge >= 0.3 is 0 Å². The van der Waals surface area contributed by atoms with Crippen LogP contribution in [0, 0.1) is 17.1 Å². The molecule has 0 aromatic carbocycles. The molecule has 0 N–H and O–H groups in total. The summed E-state index contributed by atoms with van der Waals surface area (Å²) in [5, 5.41) is 7.72. The van der Waals surface area contributed by atoms with E-state index in [0.717, 1.165) is 6.26 Å². The number of nitriles is 1. The molecule has 0 aliphatic rings. The van der Waals surface area contributed by atoms with Crippen LogP contribution in [0.3, 0.4) is 0 Å². The van der Waals surface area contributed by atoms with Gasteiger partial charge in [-0.1, -0.05) is 0 Å². The minimum absolute atomic E-state index is 0.590. The first-order chi connectivity index (χ1) is 3.06. The molecule has 3 nitrogen and oxygen atoms in total. The van der Waals surface area contributed by atoms with Crippen LogP contribution in [-0.4, -0.2) is 14.7 Å². The van der Waals surface area contributed by atoms with E-state index < -0.39 is 9.84 Å². The van der Waals surface area contributed by atoms with Gasteiger partial charge in [-0.25, -0.2) is 8.42 Å². The van der Waals surface area contributed by atoms with Crippen LogP contribution in [0.4, 0.5) is 0 Å². The Morgan fingerprint density at radius 2 is 2.14 bits per heavy atom. The molecule has 0 fully saturated rings. The van der Waals surface area contributed by atoms with Crippen molar-refractivity contribution in [2.24, 2.45) is 0 Å². The van der Waals surface area contributed by atoms with E-state index in [1.165, 1.54) is 6.07 Å². The molecule has 39 valence electrons. The lowest BCUT2D eigenvalue weighted by atomic mass is 10.9. The van der Waals surface area contributed by atoms with Crippen molar-refractivity contribution < 1.29 is 8.42 Å². The second kappa shape index (κ2) is 1.94. The Bertz CT molecular complexity index is 174. The average Bonchev–Trinajstić information content (AvgIpc) is 1.30. The van der Waals surface area contributed by atoms with Crippen molar-refractivity contribution in [2.45, 2.75) is 0 Å². The summed E-state index contributed by atoms with van der Waals surface area (Å²) in [6.45, 7) is 0. The molecule has 0 atom stereocenters. The molecule has 0 aromatic heterocycles. The van der Waals surface area contributed by atoms with Crippen LogP contribution < -0.4 is 0 Å². The van der Waals surface area contributed by atoms with E-state index in [1.54, 1.807) is 0 Å². The molecule has 0 heterocycles. The van der Waals surface area contributed by atoms with Crippen molar-refractivity contribution in [3.63, 3.8) is 0 Å². The van der Waals surface area contributed by atoms with Gasteiger partial charge in [-0.05, 0) is 0 Å². The minimum atomic E-state index is -3.16. The molecule has 0 unspecified atom stereocenters. The Labute approximate surface area is 42.5 Å². The molecule has 4 heteroatoms. The zero-order valence-electron chi connectivity index (χ0n) is 3.75. The van der Waals surface area contributed by atoms with E-state index >= 15 is 0 Å². The maximum atomic E-state index is 9.95. The quantitative estimate of drug-likeness (QED) is 0.475. The van der Waals surface area contributed by atoms with Gasteiger partial charge in [0.2, 0.25) is 0 Å². The first-order valence-corrected chi connectivity index (χ1v) is 3.44. The van der Waals surface area contributed by atoms with Crippen molar-refractivity contribution in [3.05, 3.63) is 5.75 Å². The van der Waals surface area contributed by atoms with Crippen molar-refractivity contribution in [1.29, 1.82) is 5.26 Å². The molecular weight excluding hydrogens is 114 g/mol. The molecular formula is C3H4NO2S. The highest BCUT2D eigenvalue weighted by atomic mass is 32.2. The molecule has 0 aromatic rings. The standard InChI is InChI=1S/C3H4NO2S/c1-7(5,6)3-2-4/h3H,1H3. The lowest BCUT2D eigenvalue weighted by molar-refractivity contribution is 0.608. The Hall–Kier alpha value is -0.560. The predicted octanol–water partition coefficient (Wildman–Crippen LogP) is -0.284. The Morgan fingerprint density at radius 3 is 2.14 bits per heavy atom. The van der Waals surface area contributed by atoms with Crippen LogP contribution in [0.5, 0.6) is 0 Å². The summed E-state index contributed by atoms with van der Waals surface area (Å²) < 4.78 is 19.9. The summed E-state index contributed by atoms with van der Waals surface area (Å²) in [6.07, 6.45) is 0.968. The Kier molecular flexibility index (Phi) is 1.78. The van der Waals surface area contributed by atoms with Crippen molar-refractivity contribution in [2.75, 3.05) is 6.26 Å². The van der Waals surface area contributed by atoms with Crippen molar-refractivity contribution in [1.82, 2.24) is 0 Å². The van der Waals surface area contributed by atoms with Crippen molar-refractivity contribution >= 4 is 9.84 Å². The third-order valence-electron chi connectivity index (χ3n) is 0.267. The zero-order valence-corrected chi connectivity index (χ0v) is 4.57. The number of hydrogen-bond donors (Lipinski definition) is 0. The minimum Gasteiger partial charge on any atom is -0.228 e. The molecule has 0 amide bonds. The van der Waals surface area contributed by atoms with E-state index in [4.69, 9.17) is 5.26 Å². The second-order valence-corrected chi connectivity index (χ2v) is 2.97. The fraction of sp³-hybridized carbons (Fsp3) is 0.333. The topological polar surface area (TPSA) is 57.9 Å². The summed E-state index contributed by atoms with van der Waals surface area (Å²) >= 11 is 0. The fourth-order valence-electron chi connectivity index (χ4n) is 0.0957. The van der Waals surface area contributed by atoms with Crippen LogP contribution >= 0.6 is 0 Å². The second-order valence-electron chi connectivity index (χ2n) is 1.08. The normalized spacial score (nSPS) is 10.3. The average molecular weight is 118 g/mol. The third-order valence-corrected chi connectivity index (χ3v) is 0.800. The summed E-state index contributed by atoms with van der Waals surface area (Å²) in [4.78, 5) is 0. The lowest BCUT2D eigenvalue weighted by Crippen LogP contribution is -1.92. The zero-order chi connectivity index (χ0) is 5.91. The molecule has 0 spiro atoms. The molecule has 7 heavy (non-hydrogen) atoms. The molecule has 0 aliphatic heterocycles. The fourth-order valence-corrected chi connectivity index (χ4v) is 0.287. The van der Waals surface area contributed by atoms with Gasteiger partial charge in [-0.3, -0.25) is 0 Å². The van der Waals surface area contributed by atoms with E-state index in [9.17, 15) is 8.42 Å². The van der Waals surface area contributed by atoms with Crippen LogP contribution in [0.25, 0.3) is 0 Å². The van der Waals surface area contributed by atoms with Crippen LogP contribution in [0.2, 0.25) is 0 Å². The summed E-state index contributed by atoms with van der Waals surface area (Å²) in [7, 11) is -3.16. The van der Waals surface area contributed by atoms with Gasteiger partial charge in [0.25, 0.3) is 0 Å². The van der Waals surface area contributed by atoms with Crippen LogP contribution in [0.15, 0.2) is 0 Å². The summed E-state index contributed by atoms with van der Waals surface area (Å²) in [5.74, 6) is 0.590. The van der Waals surface area contributed by atoms with Gasteiger partial charge in [-0.2, -0.15) is 5.26 Å². The first kappa shape index (κ1) is 6.44. The van der Waals surface area contributed by atoms with Gasteiger partial charge in [0.05, 0.1) is 6.07 Å². The molecule has 0 aliphatic carbocycles. The summed E-state index contributed by atoms with van der Waals surface area (Å²) in [5.41, 5.74) is 0. The number of hydrogen-bond acceptors (Lipinski definition) is 3. The maximum Gasteiger partial charge on any atom is 0.177 e. The van der Waals surface area contributed by atoms with Gasteiger partial charge in [0, 0.05) is 6.26 Å². The molecule has 0 saturated carbocycles. The van der Waals surface area contributed by atoms with Gasteiger partial charge in [-0.15, -0.1) is 0 Å². The van der Waals surface area contributed by atoms with E-state index in [0.29, 0.717) is 5.75 Å². The molecule has 0 bridgehead atoms. The van der Waals surface area contributed by atoms with Gasteiger partial charge < -0.3 is 0 Å². The van der Waals surface area contributed by atoms with E-state index in [1.807, 2.05) is 0 Å². The smallest absolute Gasteiger partial charge is 0.177 e. The molecule has 0 rings (SSSR count). The predicted molar refractivity (Wildman–Crippen MR) is 24.8 cm³/mol. The molecule has 1 radical (unpaired) electrons. The van der Waals surface area contributed by atoms with E-state index in [-0.39, 0.29) is 0 Å². The molecule has 0 saturated heterocycles. The Morgan fingerprint density at radius 1 is 1.71 bits per heavy atom. The summed E-state index contributed by atoms with van der Waals surface area (Å²) in [6, 6.07) is 1.39. The monoisotopic (exact) mass is 118 g/mol. The largest absolute Gasteiger partial charge is 0.228 e. The highest BCUT2D eigenvalue weighted by molar-refractivity contribution is 7.92. The van der Waals surface area contributed by atoms with Crippen LogP contribution in [-0.2, 0) is 9.84 Å². The van der Waals surface area contributed by atoms with Gasteiger partial charge in [0.1, 0.15) is 0 Å². The first-order valence-electron chi connectivity index (χ1n) is 1.49. The van der Waals surface area contributed by atoms with E-state index in [2.05, 4.69) is 0 Å². The lowest BCUT2D eigenvalue weighted by Gasteiger charge is -1.77. The van der Waals surface area contributed by atoms with Crippen LogP contribution in [0.1, 0.15) is 0 Å². The third kappa shape index (κ3) is 5.44. The number of rotatable bonds is 1. The highest BCUT2D eigenvalue weighted by Gasteiger charge is 1.97. The maximum absolute atomic E-state index is 9.95. The van der Waals surface area contributed by atoms with Gasteiger partial charge in [0.15, 0.2) is 15.6 Å². The number of nitrogens with zero attached hydrogens (tertiary/aromatic N) is 1. The Balaban J connectivity index is 3.92. The highest BCUT2D eigenvalue weighted by Crippen LogP contribution is 1.83. The SMILES string of the molecule is CS(=O)(=O)[CH]C#N. The number of sulfone groups is 1. The van der Waals surface area contributed by atoms with Crippen molar-refractivity contribution in [3.8, 4) is 6.07 Å².